The number of likely N-dealkylation sites (N-methyl/N-ethyl adjacent to an activating group) is 1. The standard InChI is InChI=1S/C19H24N2O.C2H2O4/c1-4-20(5-2)12-13-21-18-9-7-6-8-16(18)17-14-15(22-3)10-11-19(17)21;3-1(4)2(5)6/h6-11,14H,4-5,12-13H2,1-3H3;(H,3,4)(H,5,6). The van der Waals surface area contributed by atoms with Gasteiger partial charge in [0.05, 0.1) is 33.3 Å². The van der Waals surface area contributed by atoms with Gasteiger partial charge >= 0.3 is 5.97 Å². The number of carbonyl (C=O) groups is 2. The Morgan fingerprint density at radius 3 is 2.25 bits per heavy atom. The highest BCUT2D eigenvalue weighted by atomic mass is 16.5. The molecule has 0 unspecified atom stereocenters. The van der Waals surface area contributed by atoms with Crippen LogP contribution >= 0.6 is 0 Å². The van der Waals surface area contributed by atoms with E-state index >= 15 is 0 Å². The van der Waals surface area contributed by atoms with Gasteiger partial charge in [0.15, 0.2) is 5.97 Å². The first-order valence-corrected chi connectivity index (χ1v) is 9.25. The van der Waals surface area contributed by atoms with Crippen molar-refractivity contribution in [1.82, 2.24) is 4.57 Å². The molecule has 0 fully saturated rings. The Bertz CT molecular complexity index is 948. The monoisotopic (exact) mass is 386 g/mol. The van der Waals surface area contributed by atoms with Crippen LogP contribution in [0.15, 0.2) is 42.5 Å². The first kappa shape index (κ1) is 21.2. The fourth-order valence-corrected chi connectivity index (χ4v) is 3.27. The van der Waals surface area contributed by atoms with Crippen molar-refractivity contribution in [2.45, 2.75) is 20.4 Å². The summed E-state index contributed by atoms with van der Waals surface area (Å²) in [6, 6.07) is 15.1. The number of quaternary nitrogens is 1. The SMILES string of the molecule is CC[NH+](CC)CCn1c2ccccc2c2cc(OC)ccc21.O=C([O-])C(=O)O. The van der Waals surface area contributed by atoms with Crippen LogP contribution in [-0.2, 0) is 16.1 Å². The van der Waals surface area contributed by atoms with Gasteiger partial charge in [-0.25, -0.2) is 4.79 Å². The molecule has 150 valence electrons. The smallest absolute Gasteiger partial charge is 0.351 e. The summed E-state index contributed by atoms with van der Waals surface area (Å²) < 4.78 is 7.85. The second-order valence-electron chi connectivity index (χ2n) is 6.35. The number of carbonyl (C=O) groups excluding carboxylic acids is 1. The van der Waals surface area contributed by atoms with Crippen LogP contribution < -0.4 is 14.7 Å². The number of aromatic nitrogens is 1. The lowest BCUT2D eigenvalue weighted by Gasteiger charge is -2.16. The number of aliphatic carboxylic acids is 2. The third-order valence-electron chi connectivity index (χ3n) is 4.84. The van der Waals surface area contributed by atoms with Gasteiger partial charge in [0.2, 0.25) is 0 Å². The van der Waals surface area contributed by atoms with E-state index in [0.717, 1.165) is 18.8 Å². The Labute approximate surface area is 163 Å². The van der Waals surface area contributed by atoms with Crippen LogP contribution in [0.4, 0.5) is 0 Å². The molecule has 7 nitrogen and oxygen atoms in total. The van der Waals surface area contributed by atoms with Gasteiger partial charge in [-0.15, -0.1) is 0 Å². The number of hydrogen-bond acceptors (Lipinski definition) is 4. The van der Waals surface area contributed by atoms with E-state index in [9.17, 15) is 0 Å². The van der Waals surface area contributed by atoms with Crippen molar-refractivity contribution in [3.8, 4) is 5.75 Å². The molecule has 7 heteroatoms. The molecular formula is C21H26N2O5. The summed E-state index contributed by atoms with van der Waals surface area (Å²) in [4.78, 5) is 19.7. The number of fused-ring (bicyclic) bond motifs is 3. The third-order valence-corrected chi connectivity index (χ3v) is 4.84. The number of carboxylic acids is 2. The van der Waals surface area contributed by atoms with Gasteiger partial charge in [0, 0.05) is 21.8 Å². The minimum Gasteiger partial charge on any atom is -0.539 e. The number of nitrogens with zero attached hydrogens (tertiary/aromatic N) is 1. The fourth-order valence-electron chi connectivity index (χ4n) is 3.27. The molecule has 0 radical (unpaired) electrons. The number of para-hydroxylation sites is 1. The Balaban J connectivity index is 0.000000409. The molecule has 0 amide bonds. The van der Waals surface area contributed by atoms with Crippen molar-refractivity contribution in [3.05, 3.63) is 42.5 Å². The molecule has 0 spiro atoms. The Hall–Kier alpha value is -3.06. The molecule has 3 rings (SSSR count). The quantitative estimate of drug-likeness (QED) is 0.603. The number of ether oxygens (including phenoxy) is 1. The fraction of sp³-hybridized carbons (Fsp3) is 0.333. The van der Waals surface area contributed by atoms with Crippen LogP contribution in [-0.4, -0.2) is 48.4 Å². The van der Waals surface area contributed by atoms with Crippen molar-refractivity contribution in [2.24, 2.45) is 0 Å². The van der Waals surface area contributed by atoms with Gasteiger partial charge in [0.25, 0.3) is 0 Å². The molecule has 0 atom stereocenters. The lowest BCUT2D eigenvalue weighted by Crippen LogP contribution is -3.11. The largest absolute Gasteiger partial charge is 0.539 e. The van der Waals surface area contributed by atoms with Crippen LogP contribution in [0.2, 0.25) is 0 Å². The van der Waals surface area contributed by atoms with E-state index in [0.29, 0.717) is 0 Å². The van der Waals surface area contributed by atoms with Gasteiger partial charge in [-0.3, -0.25) is 0 Å². The van der Waals surface area contributed by atoms with Crippen molar-refractivity contribution in [3.63, 3.8) is 0 Å². The first-order chi connectivity index (χ1) is 13.4. The summed E-state index contributed by atoms with van der Waals surface area (Å²) >= 11 is 0. The normalized spacial score (nSPS) is 10.7. The van der Waals surface area contributed by atoms with Crippen molar-refractivity contribution in [1.29, 1.82) is 0 Å². The summed E-state index contributed by atoms with van der Waals surface area (Å²) in [5.41, 5.74) is 2.62. The number of methoxy groups -OCH3 is 1. The molecule has 1 aromatic heterocycles. The molecule has 28 heavy (non-hydrogen) atoms. The van der Waals surface area contributed by atoms with Gasteiger partial charge in [-0.2, -0.15) is 0 Å². The van der Waals surface area contributed by atoms with E-state index in [2.05, 4.69) is 60.9 Å². The van der Waals surface area contributed by atoms with Crippen LogP contribution in [0, 0.1) is 0 Å². The number of benzene rings is 2. The highest BCUT2D eigenvalue weighted by Crippen LogP contribution is 2.31. The molecule has 0 saturated carbocycles. The molecule has 0 aliphatic rings. The highest BCUT2D eigenvalue weighted by molar-refractivity contribution is 6.26. The lowest BCUT2D eigenvalue weighted by atomic mass is 10.1. The Morgan fingerprint density at radius 1 is 1.07 bits per heavy atom. The Morgan fingerprint density at radius 2 is 1.68 bits per heavy atom. The highest BCUT2D eigenvalue weighted by Gasteiger charge is 2.12. The molecular weight excluding hydrogens is 360 g/mol. The molecule has 1 heterocycles. The molecule has 2 aromatic carbocycles. The maximum Gasteiger partial charge on any atom is 0.351 e. The second-order valence-corrected chi connectivity index (χ2v) is 6.35. The lowest BCUT2D eigenvalue weighted by molar-refractivity contribution is -0.897. The van der Waals surface area contributed by atoms with E-state index < -0.39 is 11.9 Å². The summed E-state index contributed by atoms with van der Waals surface area (Å²) in [5.74, 6) is -3.09. The van der Waals surface area contributed by atoms with Gasteiger partial charge in [-0.1, -0.05) is 18.2 Å². The van der Waals surface area contributed by atoms with Gasteiger partial charge in [-0.05, 0) is 38.1 Å². The zero-order chi connectivity index (χ0) is 20.7. The zero-order valence-corrected chi connectivity index (χ0v) is 16.4. The molecule has 3 aromatic rings. The molecule has 0 saturated heterocycles. The van der Waals surface area contributed by atoms with E-state index in [4.69, 9.17) is 24.5 Å². The van der Waals surface area contributed by atoms with Crippen LogP contribution in [0.5, 0.6) is 5.75 Å². The topological polar surface area (TPSA) is 96.0 Å². The van der Waals surface area contributed by atoms with E-state index in [1.54, 1.807) is 12.0 Å². The Kier molecular flexibility index (Phi) is 7.40. The predicted molar refractivity (Wildman–Crippen MR) is 106 cm³/mol. The van der Waals surface area contributed by atoms with Crippen molar-refractivity contribution >= 4 is 33.7 Å². The number of rotatable bonds is 6. The summed E-state index contributed by atoms with van der Waals surface area (Å²) in [6.45, 7) is 9.09. The molecule has 2 N–H and O–H groups in total. The third kappa shape index (κ3) is 4.80. The van der Waals surface area contributed by atoms with E-state index in [1.165, 1.54) is 34.9 Å². The van der Waals surface area contributed by atoms with Crippen LogP contribution in [0.1, 0.15) is 13.8 Å². The maximum atomic E-state index is 9.04. The summed E-state index contributed by atoms with van der Waals surface area (Å²) in [7, 11) is 1.73. The number of nitrogens with one attached hydrogen (secondary N) is 1. The average Bonchev–Trinajstić information content (AvgIpc) is 3.02. The summed E-state index contributed by atoms with van der Waals surface area (Å²) in [6.07, 6.45) is 0. The minimum absolute atomic E-state index is 0.921. The average molecular weight is 386 g/mol. The molecule has 0 bridgehead atoms. The summed E-state index contributed by atoms with van der Waals surface area (Å²) in [5, 5.41) is 18.9. The van der Waals surface area contributed by atoms with E-state index in [1.807, 2.05) is 0 Å². The second kappa shape index (κ2) is 9.75. The number of carboxylic acid groups (broad SMARTS) is 2. The van der Waals surface area contributed by atoms with Crippen LogP contribution in [0.25, 0.3) is 21.8 Å². The minimum atomic E-state index is -2.07. The van der Waals surface area contributed by atoms with Crippen molar-refractivity contribution in [2.75, 3.05) is 26.7 Å². The zero-order valence-electron chi connectivity index (χ0n) is 16.4. The van der Waals surface area contributed by atoms with Gasteiger partial charge in [0.1, 0.15) is 5.75 Å². The number of hydrogen-bond donors (Lipinski definition) is 2. The predicted octanol–water partition coefficient (Wildman–Crippen LogP) is 0.549. The van der Waals surface area contributed by atoms with Crippen LogP contribution in [0.3, 0.4) is 0 Å². The van der Waals surface area contributed by atoms with E-state index in [-0.39, 0.29) is 0 Å². The van der Waals surface area contributed by atoms with Crippen molar-refractivity contribution < 1.29 is 29.4 Å². The first-order valence-electron chi connectivity index (χ1n) is 9.25. The maximum absolute atomic E-state index is 9.04. The molecule has 0 aliphatic carbocycles. The molecule has 0 aliphatic heterocycles. The van der Waals surface area contributed by atoms with Gasteiger partial charge < -0.3 is 29.2 Å².